The number of rotatable bonds is 19. The third-order valence-corrected chi connectivity index (χ3v) is 7.60. The molecule has 0 aliphatic carbocycles. The van der Waals surface area contributed by atoms with Gasteiger partial charge in [-0.3, -0.25) is 0 Å². The summed E-state index contributed by atoms with van der Waals surface area (Å²) in [6, 6.07) is 1.34. The minimum atomic E-state index is -1.31. The van der Waals surface area contributed by atoms with Crippen molar-refractivity contribution in [2.75, 3.05) is 6.61 Å². The summed E-state index contributed by atoms with van der Waals surface area (Å²) < 4.78 is 5.89. The highest BCUT2D eigenvalue weighted by Crippen LogP contribution is 2.18. The molecule has 0 saturated heterocycles. The topological polar surface area (TPSA) is 9.23 Å². The van der Waals surface area contributed by atoms with E-state index in [0.29, 0.717) is 0 Å². The van der Waals surface area contributed by atoms with Crippen molar-refractivity contribution in [3.8, 4) is 0 Å². The number of unbranched alkanes of at least 4 members (excludes halogenated alkanes) is 14. The molecule has 0 aromatic carbocycles. The van der Waals surface area contributed by atoms with Crippen molar-refractivity contribution in [1.82, 2.24) is 0 Å². The van der Waals surface area contributed by atoms with Gasteiger partial charge in [0.1, 0.15) is 0 Å². The molecule has 144 valence electrons. The van der Waals surface area contributed by atoms with Gasteiger partial charge in [-0.15, -0.1) is 6.58 Å². The molecule has 0 aliphatic heterocycles. The first kappa shape index (κ1) is 23.9. The van der Waals surface area contributed by atoms with E-state index in [-0.39, 0.29) is 0 Å². The molecule has 0 amide bonds. The third-order valence-electron chi connectivity index (χ3n) is 4.97. The summed E-state index contributed by atoms with van der Waals surface area (Å²) in [5.41, 5.74) is 0. The fourth-order valence-corrected chi connectivity index (χ4v) is 5.45. The maximum Gasteiger partial charge on any atom is 0.186 e. The molecule has 0 spiro atoms. The molecule has 0 unspecified atom stereocenters. The van der Waals surface area contributed by atoms with Crippen LogP contribution in [0.3, 0.4) is 0 Å². The molecule has 0 bridgehead atoms. The van der Waals surface area contributed by atoms with Gasteiger partial charge in [-0.1, -0.05) is 89.5 Å². The Bertz CT molecular complexity index is 263. The Balaban J connectivity index is 3.11. The second-order valence-electron chi connectivity index (χ2n) is 7.97. The Labute approximate surface area is 154 Å². The van der Waals surface area contributed by atoms with Crippen LogP contribution in [0.1, 0.15) is 103 Å². The Kier molecular flexibility index (Phi) is 17.7. The van der Waals surface area contributed by atoms with Gasteiger partial charge in [-0.25, -0.2) is 0 Å². The predicted octanol–water partition coefficient (Wildman–Crippen LogP) is 8.27. The molecule has 0 atom stereocenters. The van der Waals surface area contributed by atoms with E-state index in [0.717, 1.165) is 6.61 Å². The highest BCUT2D eigenvalue weighted by atomic mass is 28.4. The van der Waals surface area contributed by atoms with Crippen molar-refractivity contribution in [1.29, 1.82) is 0 Å². The average molecular weight is 355 g/mol. The largest absolute Gasteiger partial charge is 0.418 e. The second kappa shape index (κ2) is 17.7. The van der Waals surface area contributed by atoms with Crippen LogP contribution in [0.15, 0.2) is 12.7 Å². The quantitative estimate of drug-likeness (QED) is 0.129. The predicted molar refractivity (Wildman–Crippen MR) is 113 cm³/mol. The van der Waals surface area contributed by atoms with Crippen LogP contribution in [0.25, 0.3) is 0 Å². The summed E-state index contributed by atoms with van der Waals surface area (Å²) in [6.45, 7) is 11.5. The van der Waals surface area contributed by atoms with Crippen LogP contribution < -0.4 is 0 Å². The zero-order valence-electron chi connectivity index (χ0n) is 17.2. The van der Waals surface area contributed by atoms with Gasteiger partial charge in [0.2, 0.25) is 0 Å². The van der Waals surface area contributed by atoms with Crippen LogP contribution in [0, 0.1) is 0 Å². The minimum Gasteiger partial charge on any atom is -0.418 e. The maximum absolute atomic E-state index is 5.89. The normalized spacial score (nSPS) is 11.8. The van der Waals surface area contributed by atoms with E-state index in [9.17, 15) is 0 Å². The smallest absolute Gasteiger partial charge is 0.186 e. The Hall–Kier alpha value is -0.0831. The lowest BCUT2D eigenvalue weighted by Crippen LogP contribution is -2.29. The standard InChI is InChI=1S/C22H46OSi/c1-5-7-8-9-10-11-12-13-14-15-16-17-18-19-20-21-22-24(3,4)23-6-2/h5H,1,6-22H2,2-4H3. The van der Waals surface area contributed by atoms with Gasteiger partial charge < -0.3 is 4.43 Å². The lowest BCUT2D eigenvalue weighted by atomic mass is 10.0. The van der Waals surface area contributed by atoms with E-state index in [1.165, 1.54) is 102 Å². The lowest BCUT2D eigenvalue weighted by Gasteiger charge is -2.21. The van der Waals surface area contributed by atoms with E-state index < -0.39 is 8.32 Å². The fraction of sp³-hybridized carbons (Fsp3) is 0.909. The van der Waals surface area contributed by atoms with E-state index in [4.69, 9.17) is 4.43 Å². The molecule has 24 heavy (non-hydrogen) atoms. The van der Waals surface area contributed by atoms with Gasteiger partial charge in [0, 0.05) is 6.61 Å². The van der Waals surface area contributed by atoms with Crippen LogP contribution in [0.2, 0.25) is 19.1 Å². The first-order valence-electron chi connectivity index (χ1n) is 10.9. The Morgan fingerprint density at radius 1 is 0.667 bits per heavy atom. The lowest BCUT2D eigenvalue weighted by molar-refractivity contribution is 0.327. The van der Waals surface area contributed by atoms with Gasteiger partial charge in [0.25, 0.3) is 0 Å². The monoisotopic (exact) mass is 354 g/mol. The van der Waals surface area contributed by atoms with E-state index in [1.54, 1.807) is 0 Å². The first-order chi connectivity index (χ1) is 11.6. The molecule has 0 fully saturated rings. The number of allylic oxidation sites excluding steroid dienone is 1. The molecular weight excluding hydrogens is 308 g/mol. The highest BCUT2D eigenvalue weighted by molar-refractivity contribution is 6.71. The van der Waals surface area contributed by atoms with Crippen LogP contribution in [0.5, 0.6) is 0 Å². The van der Waals surface area contributed by atoms with Crippen molar-refractivity contribution < 1.29 is 4.43 Å². The van der Waals surface area contributed by atoms with Gasteiger partial charge in [-0.05, 0) is 38.9 Å². The molecular formula is C22H46OSi. The second-order valence-corrected chi connectivity index (χ2v) is 12.3. The zero-order chi connectivity index (χ0) is 17.9. The van der Waals surface area contributed by atoms with Crippen LogP contribution in [-0.4, -0.2) is 14.9 Å². The first-order valence-corrected chi connectivity index (χ1v) is 14.0. The van der Waals surface area contributed by atoms with E-state index in [2.05, 4.69) is 26.6 Å². The van der Waals surface area contributed by atoms with Gasteiger partial charge in [0.05, 0.1) is 0 Å². The Morgan fingerprint density at radius 2 is 1.04 bits per heavy atom. The molecule has 0 aromatic rings. The summed E-state index contributed by atoms with van der Waals surface area (Å²) in [6.07, 6.45) is 23.3. The van der Waals surface area contributed by atoms with Gasteiger partial charge >= 0.3 is 0 Å². The summed E-state index contributed by atoms with van der Waals surface area (Å²) >= 11 is 0. The van der Waals surface area contributed by atoms with Crippen molar-refractivity contribution >= 4 is 8.32 Å². The van der Waals surface area contributed by atoms with Crippen molar-refractivity contribution in [3.05, 3.63) is 12.7 Å². The van der Waals surface area contributed by atoms with Crippen LogP contribution in [-0.2, 0) is 4.43 Å². The molecule has 1 nitrogen and oxygen atoms in total. The van der Waals surface area contributed by atoms with E-state index in [1.807, 2.05) is 6.08 Å². The van der Waals surface area contributed by atoms with Crippen molar-refractivity contribution in [3.63, 3.8) is 0 Å². The number of hydrogen-bond acceptors (Lipinski definition) is 1. The molecule has 0 rings (SSSR count). The summed E-state index contributed by atoms with van der Waals surface area (Å²) in [5, 5.41) is 0. The average Bonchev–Trinajstić information content (AvgIpc) is 2.54. The molecule has 0 N–H and O–H groups in total. The molecule has 0 aliphatic rings. The minimum absolute atomic E-state index is 0.897. The van der Waals surface area contributed by atoms with Crippen LogP contribution >= 0.6 is 0 Å². The third kappa shape index (κ3) is 18.3. The summed E-state index contributed by atoms with van der Waals surface area (Å²) in [4.78, 5) is 0. The molecule has 0 saturated carbocycles. The summed E-state index contributed by atoms with van der Waals surface area (Å²) in [7, 11) is -1.31. The van der Waals surface area contributed by atoms with E-state index >= 15 is 0 Å². The molecule has 0 heterocycles. The fourth-order valence-electron chi connectivity index (χ4n) is 3.42. The SMILES string of the molecule is C=CCCCCCCCCCCCCCCCC[Si](C)(C)OCC. The number of hydrogen-bond donors (Lipinski definition) is 0. The molecule has 0 aromatic heterocycles. The maximum atomic E-state index is 5.89. The Morgan fingerprint density at radius 3 is 1.42 bits per heavy atom. The summed E-state index contributed by atoms with van der Waals surface area (Å²) in [5.74, 6) is 0. The van der Waals surface area contributed by atoms with Crippen LogP contribution in [0.4, 0.5) is 0 Å². The van der Waals surface area contributed by atoms with Crippen molar-refractivity contribution in [2.24, 2.45) is 0 Å². The highest BCUT2D eigenvalue weighted by Gasteiger charge is 2.20. The zero-order valence-corrected chi connectivity index (χ0v) is 18.2. The molecule has 2 heteroatoms. The van der Waals surface area contributed by atoms with Gasteiger partial charge in [-0.2, -0.15) is 0 Å². The molecule has 0 radical (unpaired) electrons. The van der Waals surface area contributed by atoms with Crippen molar-refractivity contribution in [2.45, 2.75) is 122 Å². The van der Waals surface area contributed by atoms with Gasteiger partial charge in [0.15, 0.2) is 8.32 Å².